The molecule has 112 valence electrons. The molecule has 0 aliphatic heterocycles. The fourth-order valence-electron chi connectivity index (χ4n) is 1.59. The number of alkyl halides is 6. The Bertz CT molecular complexity index is 705. The van der Waals surface area contributed by atoms with Crippen molar-refractivity contribution in [1.29, 1.82) is 0 Å². The van der Waals surface area contributed by atoms with Crippen LogP contribution in [0.1, 0.15) is 11.5 Å². The zero-order valence-corrected chi connectivity index (χ0v) is 9.96. The normalized spacial score (nSPS) is 12.5. The molecule has 10 heteroatoms. The van der Waals surface area contributed by atoms with Crippen LogP contribution in [0.25, 0.3) is 5.69 Å². The third kappa shape index (κ3) is 3.03. The van der Waals surface area contributed by atoms with Crippen molar-refractivity contribution in [1.82, 2.24) is 9.97 Å². The second kappa shape index (κ2) is 4.86. The summed E-state index contributed by atoms with van der Waals surface area (Å²) in [5, 5.41) is 0. The minimum absolute atomic E-state index is 0.745. The summed E-state index contributed by atoms with van der Waals surface area (Å²) in [5.41, 5.74) is -4.48. The lowest BCUT2D eigenvalue weighted by atomic mass is 10.3. The minimum atomic E-state index is -5.22. The first-order chi connectivity index (χ1) is 9.60. The Morgan fingerprint density at radius 2 is 1.52 bits per heavy atom. The molecule has 0 spiro atoms. The number of H-pyrrole nitrogens is 1. The zero-order chi connectivity index (χ0) is 15.8. The van der Waals surface area contributed by atoms with Gasteiger partial charge in [0.1, 0.15) is 0 Å². The van der Waals surface area contributed by atoms with Crippen LogP contribution in [0.5, 0.6) is 0 Å². The first kappa shape index (κ1) is 15.0. The largest absolute Gasteiger partial charge is 0.449 e. The van der Waals surface area contributed by atoms with Crippen LogP contribution in [0, 0.1) is 0 Å². The average molecular weight is 310 g/mol. The molecule has 2 rings (SSSR count). The van der Waals surface area contributed by atoms with Gasteiger partial charge < -0.3 is 0 Å². The molecule has 21 heavy (non-hydrogen) atoms. The first-order valence-corrected chi connectivity index (χ1v) is 5.36. The van der Waals surface area contributed by atoms with Crippen LogP contribution in [0.3, 0.4) is 0 Å². The molecule has 0 aliphatic carbocycles. The number of aromatic nitrogens is 3. The van der Waals surface area contributed by atoms with Gasteiger partial charge >= 0.3 is 23.6 Å². The summed E-state index contributed by atoms with van der Waals surface area (Å²) >= 11 is 0. The predicted octanol–water partition coefficient (Wildman–Crippen LogP) is 2.08. The van der Waals surface area contributed by atoms with Crippen LogP contribution >= 0.6 is 0 Å². The van der Waals surface area contributed by atoms with Crippen molar-refractivity contribution in [3.63, 3.8) is 0 Å². The summed E-state index contributed by atoms with van der Waals surface area (Å²) in [6.45, 7) is 0. The Hall–Kier alpha value is -2.39. The summed E-state index contributed by atoms with van der Waals surface area (Å²) in [6.07, 6.45) is -8.23. The Kier molecular flexibility index (Phi) is 3.47. The number of hydrogen-bond donors (Lipinski definition) is 1. The monoisotopic (exact) mass is 310 g/mol. The van der Waals surface area contributed by atoms with Crippen LogP contribution < -0.4 is 10.1 Å². The molecule has 0 amide bonds. The fourth-order valence-corrected chi connectivity index (χ4v) is 1.59. The Labute approximate surface area is 112 Å². The summed E-state index contributed by atoms with van der Waals surface area (Å²) < 4.78 is 76.8. The van der Waals surface area contributed by atoms with Crippen LogP contribution in [0.15, 0.2) is 35.4 Å². The predicted molar refractivity (Wildman–Crippen MR) is 56.4 cm³/mol. The summed E-state index contributed by atoms with van der Waals surface area (Å²) in [5.74, 6) is -2.00. The number of hydrogen-bond acceptors (Lipinski definition) is 2. The number of nitrogens with zero attached hydrogens (tertiary/aromatic N) is 2. The van der Waals surface area contributed by atoms with Gasteiger partial charge in [0.2, 0.25) is 11.5 Å². The van der Waals surface area contributed by atoms with Gasteiger partial charge in [-0.1, -0.05) is 6.07 Å². The van der Waals surface area contributed by atoms with Crippen molar-refractivity contribution in [2.75, 3.05) is 0 Å². The molecule has 0 saturated heterocycles. The highest BCUT2D eigenvalue weighted by molar-refractivity contribution is 5.28. The van der Waals surface area contributed by atoms with E-state index in [1.165, 1.54) is 23.2 Å². The molecular weight excluding hydrogens is 304 g/mol. The van der Waals surface area contributed by atoms with Gasteiger partial charge in [0, 0.05) is 12.1 Å². The fraction of sp³-hybridized carbons (Fsp3) is 0.182. The third-order valence-electron chi connectivity index (χ3n) is 2.41. The van der Waals surface area contributed by atoms with Crippen molar-refractivity contribution in [3.8, 4) is 5.69 Å². The van der Waals surface area contributed by atoms with Gasteiger partial charge in [-0.25, -0.2) is 4.98 Å². The first-order valence-electron chi connectivity index (χ1n) is 5.36. The second-order valence-electron chi connectivity index (χ2n) is 3.89. The summed E-state index contributed by atoms with van der Waals surface area (Å²) in [6, 6.07) is 4.10. The Morgan fingerprint density at radius 1 is 0.952 bits per heavy atom. The SMILES string of the molecule is O=c1[nH]c(C(F)(F)F)nc(C(F)(F)F)c1-[n+]1ccccc1. The van der Waals surface area contributed by atoms with E-state index in [1.54, 1.807) is 0 Å². The van der Waals surface area contributed by atoms with Crippen molar-refractivity contribution in [3.05, 3.63) is 52.5 Å². The van der Waals surface area contributed by atoms with E-state index in [0.717, 1.165) is 17.0 Å². The lowest BCUT2D eigenvalue weighted by Crippen LogP contribution is -2.41. The minimum Gasteiger partial charge on any atom is -0.297 e. The number of rotatable bonds is 1. The van der Waals surface area contributed by atoms with Gasteiger partial charge in [0.15, 0.2) is 12.4 Å². The van der Waals surface area contributed by atoms with Crippen molar-refractivity contribution < 1.29 is 30.9 Å². The zero-order valence-electron chi connectivity index (χ0n) is 9.96. The molecule has 2 aromatic rings. The van der Waals surface area contributed by atoms with E-state index in [4.69, 9.17) is 0 Å². The average Bonchev–Trinajstić information content (AvgIpc) is 2.36. The van der Waals surface area contributed by atoms with E-state index in [9.17, 15) is 31.1 Å². The smallest absolute Gasteiger partial charge is 0.297 e. The quantitative estimate of drug-likeness (QED) is 0.648. The van der Waals surface area contributed by atoms with Crippen LogP contribution in [0.4, 0.5) is 26.3 Å². The molecule has 1 N–H and O–H groups in total. The standard InChI is InChI=1S/C11H5F6N3O/c12-10(13,14)7-6(20-4-2-1-3-5-20)8(21)19-9(18-7)11(15,16)17/h1-5H/p+1. The highest BCUT2D eigenvalue weighted by Crippen LogP contribution is 2.32. The highest BCUT2D eigenvalue weighted by atomic mass is 19.4. The second-order valence-corrected chi connectivity index (χ2v) is 3.89. The van der Waals surface area contributed by atoms with E-state index < -0.39 is 35.1 Å². The highest BCUT2D eigenvalue weighted by Gasteiger charge is 2.45. The molecule has 0 aromatic carbocycles. The molecule has 4 nitrogen and oxygen atoms in total. The number of aromatic amines is 1. The van der Waals surface area contributed by atoms with Crippen molar-refractivity contribution >= 4 is 0 Å². The summed E-state index contributed by atoms with van der Waals surface area (Å²) in [7, 11) is 0. The third-order valence-corrected chi connectivity index (χ3v) is 2.41. The maximum atomic E-state index is 12.9. The van der Waals surface area contributed by atoms with E-state index >= 15 is 0 Å². The van der Waals surface area contributed by atoms with E-state index in [2.05, 4.69) is 4.98 Å². The lowest BCUT2D eigenvalue weighted by Gasteiger charge is -2.10. The van der Waals surface area contributed by atoms with Crippen LogP contribution in [-0.4, -0.2) is 9.97 Å². The topological polar surface area (TPSA) is 49.6 Å². The van der Waals surface area contributed by atoms with Crippen LogP contribution in [-0.2, 0) is 12.4 Å². The molecule has 0 aliphatic rings. The Morgan fingerprint density at radius 3 is 2.00 bits per heavy atom. The maximum Gasteiger partial charge on any atom is 0.449 e. The number of pyridine rings is 1. The molecule has 0 fully saturated rings. The Balaban J connectivity index is 2.80. The van der Waals surface area contributed by atoms with Crippen LogP contribution in [0.2, 0.25) is 0 Å². The maximum absolute atomic E-state index is 12.9. The van der Waals surface area contributed by atoms with Crippen molar-refractivity contribution in [2.24, 2.45) is 0 Å². The molecule has 0 atom stereocenters. The molecule has 2 aromatic heterocycles. The van der Waals surface area contributed by atoms with E-state index in [0.29, 0.717) is 0 Å². The van der Waals surface area contributed by atoms with Gasteiger partial charge in [-0.15, -0.1) is 0 Å². The molecular formula is C11H6F6N3O+. The number of halogens is 6. The summed E-state index contributed by atoms with van der Waals surface area (Å²) in [4.78, 5) is 15.5. The van der Waals surface area contributed by atoms with Gasteiger partial charge in [-0.3, -0.25) is 9.78 Å². The lowest BCUT2D eigenvalue weighted by molar-refractivity contribution is -0.598. The molecule has 0 unspecified atom stereocenters. The molecule has 0 bridgehead atoms. The molecule has 0 saturated carbocycles. The van der Waals surface area contributed by atoms with Gasteiger partial charge in [0.05, 0.1) is 0 Å². The molecule has 0 radical (unpaired) electrons. The number of nitrogens with one attached hydrogen (secondary N) is 1. The van der Waals surface area contributed by atoms with Gasteiger partial charge in [-0.05, 0) is 0 Å². The van der Waals surface area contributed by atoms with Gasteiger partial charge in [-0.2, -0.15) is 30.9 Å². The van der Waals surface area contributed by atoms with E-state index in [1.807, 2.05) is 0 Å². The molecule has 2 heterocycles. The van der Waals surface area contributed by atoms with Crippen molar-refractivity contribution in [2.45, 2.75) is 12.4 Å². The van der Waals surface area contributed by atoms with Gasteiger partial charge in [0.25, 0.3) is 0 Å². The van der Waals surface area contributed by atoms with E-state index in [-0.39, 0.29) is 0 Å².